The molecule has 152 valence electrons. The number of urea groups is 1. The average Bonchev–Trinajstić information content (AvgIpc) is 3.04. The van der Waals surface area contributed by atoms with Gasteiger partial charge in [0.05, 0.1) is 10.2 Å². The van der Waals surface area contributed by atoms with Crippen molar-refractivity contribution in [3.05, 3.63) is 75.0 Å². The zero-order chi connectivity index (χ0) is 21.1. The van der Waals surface area contributed by atoms with Gasteiger partial charge in [0, 0.05) is 0 Å². The quantitative estimate of drug-likeness (QED) is 0.287. The fraction of sp³-hybridized carbons (Fsp3) is 0.130. The maximum absolute atomic E-state index is 11.8. The summed E-state index contributed by atoms with van der Waals surface area (Å²) in [4.78, 5) is 23.1. The number of fused-ring (bicyclic) bond motifs is 1. The molecule has 1 aliphatic rings. The number of ether oxygens (including phenoxy) is 2. The van der Waals surface area contributed by atoms with Gasteiger partial charge in [0.1, 0.15) is 12.3 Å². The summed E-state index contributed by atoms with van der Waals surface area (Å²) >= 11 is 2.19. The number of imide groups is 1. The van der Waals surface area contributed by atoms with Gasteiger partial charge >= 0.3 is 6.03 Å². The highest BCUT2D eigenvalue weighted by molar-refractivity contribution is 14.1. The van der Waals surface area contributed by atoms with Gasteiger partial charge in [-0.15, -0.1) is 0 Å². The molecule has 3 amide bonds. The number of carbonyl (C=O) groups excluding carboxylic acids is 2. The summed E-state index contributed by atoms with van der Waals surface area (Å²) in [6.45, 7) is 2.77. The highest BCUT2D eigenvalue weighted by Gasteiger charge is 2.23. The smallest absolute Gasteiger partial charge is 0.326 e. The minimum Gasteiger partial charge on any atom is -0.490 e. The molecule has 0 spiro atoms. The second kappa shape index (κ2) is 8.74. The Kier molecular flexibility index (Phi) is 5.89. The molecule has 3 aromatic rings. The highest BCUT2D eigenvalue weighted by Crippen LogP contribution is 2.36. The van der Waals surface area contributed by atoms with Crippen molar-refractivity contribution in [2.45, 2.75) is 13.5 Å². The monoisotopic (exact) mass is 514 g/mol. The number of hydrogen-bond acceptors (Lipinski definition) is 4. The summed E-state index contributed by atoms with van der Waals surface area (Å²) < 4.78 is 12.8. The highest BCUT2D eigenvalue weighted by atomic mass is 127. The number of rotatable bonds is 6. The van der Waals surface area contributed by atoms with Crippen molar-refractivity contribution in [3.63, 3.8) is 0 Å². The Hall–Kier alpha value is -3.07. The van der Waals surface area contributed by atoms with Gasteiger partial charge in [0.2, 0.25) is 0 Å². The van der Waals surface area contributed by atoms with E-state index < -0.39 is 11.9 Å². The van der Waals surface area contributed by atoms with Crippen molar-refractivity contribution in [1.29, 1.82) is 0 Å². The predicted octanol–water partition coefficient (Wildman–Crippen LogP) is 4.60. The van der Waals surface area contributed by atoms with Gasteiger partial charge in [-0.25, -0.2) is 4.79 Å². The van der Waals surface area contributed by atoms with E-state index in [4.69, 9.17) is 9.47 Å². The topological polar surface area (TPSA) is 76.7 Å². The maximum Gasteiger partial charge on any atom is 0.326 e. The van der Waals surface area contributed by atoms with Crippen LogP contribution in [0.4, 0.5) is 4.79 Å². The molecule has 7 heteroatoms. The number of halogens is 1. The van der Waals surface area contributed by atoms with Crippen molar-refractivity contribution in [1.82, 2.24) is 10.6 Å². The molecule has 1 aliphatic heterocycles. The van der Waals surface area contributed by atoms with E-state index >= 15 is 0 Å². The number of benzene rings is 3. The summed E-state index contributed by atoms with van der Waals surface area (Å²) in [7, 11) is 0. The zero-order valence-corrected chi connectivity index (χ0v) is 18.4. The van der Waals surface area contributed by atoms with Crippen molar-refractivity contribution < 1.29 is 19.1 Å². The Morgan fingerprint density at radius 2 is 1.80 bits per heavy atom. The second-order valence-electron chi connectivity index (χ2n) is 6.66. The molecular formula is C23H19IN2O4. The van der Waals surface area contributed by atoms with Crippen LogP contribution in [0.5, 0.6) is 11.5 Å². The van der Waals surface area contributed by atoms with Gasteiger partial charge in [0.15, 0.2) is 11.5 Å². The third-order valence-corrected chi connectivity index (χ3v) is 5.42. The van der Waals surface area contributed by atoms with Gasteiger partial charge in [-0.2, -0.15) is 0 Å². The summed E-state index contributed by atoms with van der Waals surface area (Å²) in [5.74, 6) is 0.776. The van der Waals surface area contributed by atoms with E-state index in [9.17, 15) is 9.59 Å². The number of nitrogens with one attached hydrogen (secondary N) is 2. The maximum atomic E-state index is 11.8. The van der Waals surface area contributed by atoms with Crippen LogP contribution < -0.4 is 20.1 Å². The molecule has 1 fully saturated rings. The van der Waals surface area contributed by atoms with Gasteiger partial charge in [-0.05, 0) is 69.6 Å². The first-order valence-electron chi connectivity index (χ1n) is 9.45. The van der Waals surface area contributed by atoms with Crippen LogP contribution in [0.3, 0.4) is 0 Å². The van der Waals surface area contributed by atoms with E-state index in [0.29, 0.717) is 24.7 Å². The first-order valence-corrected chi connectivity index (χ1v) is 10.5. The molecule has 0 bridgehead atoms. The molecule has 4 rings (SSSR count). The first-order chi connectivity index (χ1) is 14.5. The van der Waals surface area contributed by atoms with Crippen LogP contribution >= 0.6 is 22.6 Å². The van der Waals surface area contributed by atoms with E-state index in [-0.39, 0.29) is 5.70 Å². The van der Waals surface area contributed by atoms with E-state index in [1.807, 2.05) is 31.2 Å². The molecule has 30 heavy (non-hydrogen) atoms. The Morgan fingerprint density at radius 3 is 2.57 bits per heavy atom. The van der Waals surface area contributed by atoms with Crippen LogP contribution in [0.15, 0.2) is 60.3 Å². The summed E-state index contributed by atoms with van der Waals surface area (Å²) in [5, 5.41) is 6.99. The minimum atomic E-state index is -0.527. The fourth-order valence-corrected chi connectivity index (χ4v) is 4.07. The standard InChI is InChI=1S/C23H19IN2O4/c1-2-29-20-12-14(11-19-22(27)26-23(28)25-19)10-18(24)21(20)30-13-16-8-5-7-15-6-3-4-9-17(15)16/h3-12H,2,13H2,1H3,(H2,25,26,27,28)/b19-11+. The Labute approximate surface area is 187 Å². The molecule has 0 aliphatic carbocycles. The normalized spacial score (nSPS) is 14.7. The van der Waals surface area contributed by atoms with E-state index in [2.05, 4.69) is 57.5 Å². The van der Waals surface area contributed by atoms with E-state index in [1.54, 1.807) is 12.1 Å². The SMILES string of the molecule is CCOc1cc(/C=C2/NC(=O)NC2=O)cc(I)c1OCc1cccc2ccccc12. The minimum absolute atomic E-state index is 0.197. The summed E-state index contributed by atoms with van der Waals surface area (Å²) in [6.07, 6.45) is 1.61. The molecule has 0 unspecified atom stereocenters. The Balaban J connectivity index is 1.63. The third kappa shape index (κ3) is 4.25. The van der Waals surface area contributed by atoms with Crippen LogP contribution in [-0.2, 0) is 11.4 Å². The lowest BCUT2D eigenvalue weighted by Crippen LogP contribution is -2.22. The fourth-order valence-electron chi connectivity index (χ4n) is 3.29. The summed E-state index contributed by atoms with van der Waals surface area (Å²) in [5.41, 5.74) is 2.01. The number of carbonyl (C=O) groups is 2. The van der Waals surface area contributed by atoms with Crippen molar-refractivity contribution in [2.24, 2.45) is 0 Å². The Bertz CT molecular complexity index is 1170. The van der Waals surface area contributed by atoms with Crippen molar-refractivity contribution in [3.8, 4) is 11.5 Å². The average molecular weight is 514 g/mol. The van der Waals surface area contributed by atoms with Crippen LogP contribution in [0.1, 0.15) is 18.1 Å². The van der Waals surface area contributed by atoms with E-state index in [0.717, 1.165) is 25.5 Å². The van der Waals surface area contributed by atoms with Gasteiger partial charge < -0.3 is 14.8 Å². The molecule has 1 heterocycles. The molecular weight excluding hydrogens is 495 g/mol. The Morgan fingerprint density at radius 1 is 1.00 bits per heavy atom. The molecule has 0 aromatic heterocycles. The largest absolute Gasteiger partial charge is 0.490 e. The molecule has 0 radical (unpaired) electrons. The molecule has 1 saturated heterocycles. The second-order valence-corrected chi connectivity index (χ2v) is 7.82. The van der Waals surface area contributed by atoms with Gasteiger partial charge in [-0.3, -0.25) is 10.1 Å². The molecule has 6 nitrogen and oxygen atoms in total. The molecule has 0 saturated carbocycles. The zero-order valence-electron chi connectivity index (χ0n) is 16.2. The van der Waals surface area contributed by atoms with Gasteiger partial charge in [-0.1, -0.05) is 42.5 Å². The third-order valence-electron chi connectivity index (χ3n) is 4.61. The van der Waals surface area contributed by atoms with Crippen LogP contribution in [0, 0.1) is 3.57 Å². The van der Waals surface area contributed by atoms with Crippen molar-refractivity contribution in [2.75, 3.05) is 6.61 Å². The summed E-state index contributed by atoms with van der Waals surface area (Å²) in [6, 6.07) is 17.5. The van der Waals surface area contributed by atoms with Crippen LogP contribution in [-0.4, -0.2) is 18.5 Å². The lowest BCUT2D eigenvalue weighted by atomic mass is 10.1. The lowest BCUT2D eigenvalue weighted by Gasteiger charge is -2.16. The van der Waals surface area contributed by atoms with E-state index in [1.165, 1.54) is 0 Å². The van der Waals surface area contributed by atoms with Crippen LogP contribution in [0.2, 0.25) is 0 Å². The van der Waals surface area contributed by atoms with Gasteiger partial charge in [0.25, 0.3) is 5.91 Å². The molecule has 2 N–H and O–H groups in total. The molecule has 0 atom stereocenters. The molecule has 3 aromatic carbocycles. The predicted molar refractivity (Wildman–Crippen MR) is 123 cm³/mol. The van der Waals surface area contributed by atoms with Crippen molar-refractivity contribution >= 4 is 51.4 Å². The first kappa shape index (κ1) is 20.2. The number of amides is 3. The van der Waals surface area contributed by atoms with Crippen LogP contribution in [0.25, 0.3) is 16.8 Å². The number of hydrogen-bond donors (Lipinski definition) is 2. The lowest BCUT2D eigenvalue weighted by molar-refractivity contribution is -0.115.